The van der Waals surface area contributed by atoms with Gasteiger partial charge in [-0.25, -0.2) is 0 Å². The molecule has 0 saturated carbocycles. The van der Waals surface area contributed by atoms with Crippen LogP contribution in [-0.4, -0.2) is 22.1 Å². The second-order valence-corrected chi connectivity index (χ2v) is 8.42. The van der Waals surface area contributed by atoms with E-state index in [1.165, 1.54) is 5.01 Å². The molecule has 0 aliphatic carbocycles. The molecule has 2 amide bonds. The molecule has 1 N–H and O–H groups in total. The van der Waals surface area contributed by atoms with Crippen molar-refractivity contribution < 1.29 is 9.59 Å². The van der Waals surface area contributed by atoms with Crippen LogP contribution in [0, 0.1) is 0 Å². The maximum atomic E-state index is 13.1. The maximum absolute atomic E-state index is 13.1. The molecule has 7 heteroatoms. The molecule has 34 heavy (non-hydrogen) atoms. The minimum Gasteiger partial charge on any atom is -0.337 e. The van der Waals surface area contributed by atoms with Gasteiger partial charge in [0.15, 0.2) is 0 Å². The van der Waals surface area contributed by atoms with Crippen LogP contribution in [0.1, 0.15) is 12.5 Å². The van der Waals surface area contributed by atoms with Gasteiger partial charge in [-0.05, 0) is 55.5 Å². The van der Waals surface area contributed by atoms with Crippen LogP contribution in [0.2, 0.25) is 5.02 Å². The van der Waals surface area contributed by atoms with Crippen LogP contribution in [0.4, 0.5) is 11.4 Å². The Hall–Kier alpha value is -4.16. The zero-order valence-corrected chi connectivity index (χ0v) is 19.2. The number of nitrogens with zero attached hydrogens (tertiary/aromatic N) is 3. The number of benzene rings is 3. The van der Waals surface area contributed by atoms with Crippen molar-refractivity contribution >= 4 is 57.5 Å². The average molecular weight is 469 g/mol. The number of halogens is 1. The molecular weight excluding hydrogens is 448 g/mol. The van der Waals surface area contributed by atoms with E-state index in [4.69, 9.17) is 11.6 Å². The second kappa shape index (κ2) is 9.00. The molecule has 1 aliphatic heterocycles. The number of hydrogen-bond donors (Lipinski definition) is 1. The maximum Gasteiger partial charge on any atom is 0.280 e. The molecule has 0 fully saturated rings. The fourth-order valence-electron chi connectivity index (χ4n) is 3.99. The first-order chi connectivity index (χ1) is 16.5. The Labute approximate surface area is 201 Å². The summed E-state index contributed by atoms with van der Waals surface area (Å²) in [5.74, 6) is -0.340. The normalized spacial score (nSPS) is 14.6. The number of fused-ring (bicyclic) bond motifs is 1. The highest BCUT2D eigenvalue weighted by molar-refractivity contribution is 6.32. The van der Waals surface area contributed by atoms with Gasteiger partial charge in [0, 0.05) is 33.4 Å². The standard InChI is InChI=1S/C27H21ClN4O2/c1-18-24(27(34)32(30-18)22-7-3-2-4-8-22)15-19-16-31(25-10-6-5-9-23(19)25)17-26(33)29-21-13-11-20(28)12-14-21/h2-16H,17H2,1H3,(H,29,33)/b24-15+. The van der Waals surface area contributed by atoms with Crippen LogP contribution < -0.4 is 10.3 Å². The van der Waals surface area contributed by atoms with Gasteiger partial charge in [0.1, 0.15) is 6.54 Å². The number of nitrogens with one attached hydrogen (secondary N) is 1. The van der Waals surface area contributed by atoms with E-state index in [-0.39, 0.29) is 18.4 Å². The first kappa shape index (κ1) is 21.7. The molecule has 0 bridgehead atoms. The number of para-hydroxylation sites is 2. The molecule has 0 radical (unpaired) electrons. The molecule has 0 spiro atoms. The van der Waals surface area contributed by atoms with Gasteiger partial charge in [0.05, 0.1) is 17.0 Å². The summed E-state index contributed by atoms with van der Waals surface area (Å²) in [5.41, 5.74) is 4.32. The van der Waals surface area contributed by atoms with Crippen LogP contribution in [0.15, 0.2) is 95.7 Å². The second-order valence-electron chi connectivity index (χ2n) is 7.98. The Bertz CT molecular complexity index is 1450. The summed E-state index contributed by atoms with van der Waals surface area (Å²) in [6, 6.07) is 24.1. The highest BCUT2D eigenvalue weighted by Gasteiger charge is 2.29. The predicted molar refractivity (Wildman–Crippen MR) is 137 cm³/mol. The summed E-state index contributed by atoms with van der Waals surface area (Å²) in [6.07, 6.45) is 3.74. The van der Waals surface area contributed by atoms with Crippen molar-refractivity contribution in [1.82, 2.24) is 4.57 Å². The van der Waals surface area contributed by atoms with Gasteiger partial charge in [0.25, 0.3) is 5.91 Å². The molecule has 5 rings (SSSR count). The quantitative estimate of drug-likeness (QED) is 0.379. The predicted octanol–water partition coefficient (Wildman–Crippen LogP) is 5.74. The molecular formula is C27H21ClN4O2. The fourth-order valence-corrected chi connectivity index (χ4v) is 4.12. The van der Waals surface area contributed by atoms with Gasteiger partial charge < -0.3 is 9.88 Å². The van der Waals surface area contributed by atoms with Gasteiger partial charge in [0.2, 0.25) is 5.91 Å². The van der Waals surface area contributed by atoms with Crippen molar-refractivity contribution in [3.8, 4) is 0 Å². The third kappa shape index (κ3) is 4.23. The zero-order chi connectivity index (χ0) is 23.7. The summed E-state index contributed by atoms with van der Waals surface area (Å²) < 4.78 is 1.88. The molecule has 0 atom stereocenters. The lowest BCUT2D eigenvalue weighted by Gasteiger charge is -2.10. The number of carbonyl (C=O) groups is 2. The van der Waals surface area contributed by atoms with Crippen molar-refractivity contribution in [3.63, 3.8) is 0 Å². The Morgan fingerprint density at radius 3 is 2.47 bits per heavy atom. The van der Waals surface area contributed by atoms with Crippen LogP contribution in [-0.2, 0) is 16.1 Å². The van der Waals surface area contributed by atoms with E-state index >= 15 is 0 Å². The van der Waals surface area contributed by atoms with E-state index in [0.717, 1.165) is 22.2 Å². The Morgan fingerprint density at radius 1 is 1.00 bits per heavy atom. The number of aromatic nitrogens is 1. The van der Waals surface area contributed by atoms with Crippen LogP contribution in [0.3, 0.4) is 0 Å². The van der Waals surface area contributed by atoms with Crippen molar-refractivity contribution in [2.45, 2.75) is 13.5 Å². The fraction of sp³-hybridized carbons (Fsp3) is 0.0741. The van der Waals surface area contributed by atoms with Crippen LogP contribution in [0.25, 0.3) is 17.0 Å². The van der Waals surface area contributed by atoms with E-state index in [9.17, 15) is 9.59 Å². The van der Waals surface area contributed by atoms with Crippen molar-refractivity contribution in [2.75, 3.05) is 10.3 Å². The van der Waals surface area contributed by atoms with Gasteiger partial charge >= 0.3 is 0 Å². The summed E-state index contributed by atoms with van der Waals surface area (Å²) in [7, 11) is 0. The zero-order valence-electron chi connectivity index (χ0n) is 18.4. The topological polar surface area (TPSA) is 66.7 Å². The molecule has 4 aromatic rings. The lowest BCUT2D eigenvalue weighted by atomic mass is 10.1. The Morgan fingerprint density at radius 2 is 1.71 bits per heavy atom. The number of carbonyl (C=O) groups excluding carboxylic acids is 2. The number of rotatable bonds is 5. The van der Waals surface area contributed by atoms with E-state index in [2.05, 4.69) is 10.4 Å². The molecule has 0 saturated heterocycles. The number of hydrazone groups is 1. The van der Waals surface area contributed by atoms with Crippen molar-refractivity contribution in [2.24, 2.45) is 5.10 Å². The summed E-state index contributed by atoms with van der Waals surface area (Å²) in [6.45, 7) is 1.95. The monoisotopic (exact) mass is 468 g/mol. The SMILES string of the molecule is CC1=NN(c2ccccc2)C(=O)/C1=C/c1cn(CC(=O)Nc2ccc(Cl)cc2)c2ccccc12. The lowest BCUT2D eigenvalue weighted by Crippen LogP contribution is -2.21. The molecule has 2 heterocycles. The molecule has 6 nitrogen and oxygen atoms in total. The highest BCUT2D eigenvalue weighted by Crippen LogP contribution is 2.28. The van der Waals surface area contributed by atoms with Gasteiger partial charge in [-0.3, -0.25) is 9.59 Å². The molecule has 3 aromatic carbocycles. The summed E-state index contributed by atoms with van der Waals surface area (Å²) in [5, 5.41) is 10.3. The highest BCUT2D eigenvalue weighted by atomic mass is 35.5. The molecule has 0 unspecified atom stereocenters. The third-order valence-corrected chi connectivity index (χ3v) is 5.88. The first-order valence-electron chi connectivity index (χ1n) is 10.8. The number of amides is 2. The smallest absolute Gasteiger partial charge is 0.280 e. The lowest BCUT2D eigenvalue weighted by molar-refractivity contribution is -0.116. The Balaban J connectivity index is 1.44. The minimum atomic E-state index is -0.180. The number of hydrogen-bond acceptors (Lipinski definition) is 3. The van der Waals surface area contributed by atoms with E-state index < -0.39 is 0 Å². The number of anilines is 2. The van der Waals surface area contributed by atoms with Crippen molar-refractivity contribution in [3.05, 3.63) is 101 Å². The van der Waals surface area contributed by atoms with Crippen LogP contribution >= 0.6 is 11.6 Å². The molecule has 1 aliphatic rings. The largest absolute Gasteiger partial charge is 0.337 e. The third-order valence-electron chi connectivity index (χ3n) is 5.62. The van der Waals surface area contributed by atoms with Gasteiger partial charge in [-0.2, -0.15) is 10.1 Å². The van der Waals surface area contributed by atoms with Crippen LogP contribution in [0.5, 0.6) is 0 Å². The first-order valence-corrected chi connectivity index (χ1v) is 11.2. The molecule has 1 aromatic heterocycles. The van der Waals surface area contributed by atoms with E-state index in [0.29, 0.717) is 22.0 Å². The van der Waals surface area contributed by atoms with E-state index in [1.54, 1.807) is 24.3 Å². The van der Waals surface area contributed by atoms with Gasteiger partial charge in [-0.15, -0.1) is 0 Å². The minimum absolute atomic E-state index is 0.128. The average Bonchev–Trinajstić information content (AvgIpc) is 3.33. The summed E-state index contributed by atoms with van der Waals surface area (Å²) >= 11 is 5.92. The van der Waals surface area contributed by atoms with E-state index in [1.807, 2.05) is 78.4 Å². The van der Waals surface area contributed by atoms with Gasteiger partial charge in [-0.1, -0.05) is 48.0 Å². The molecule has 168 valence electrons. The van der Waals surface area contributed by atoms with Crippen molar-refractivity contribution in [1.29, 1.82) is 0 Å². The summed E-state index contributed by atoms with van der Waals surface area (Å²) in [4.78, 5) is 25.8. The Kier molecular flexibility index (Phi) is 5.74.